The molecule has 31 heavy (non-hydrogen) atoms. The van der Waals surface area contributed by atoms with Gasteiger partial charge in [0.05, 0.1) is 24.7 Å². The fraction of sp³-hybridized carbons (Fsp3) is 0.478. The zero-order chi connectivity index (χ0) is 21.7. The second kappa shape index (κ2) is 9.89. The van der Waals surface area contributed by atoms with Crippen molar-refractivity contribution in [1.29, 1.82) is 0 Å². The van der Waals surface area contributed by atoms with Crippen LogP contribution in [0.4, 0.5) is 5.82 Å². The number of aromatic nitrogens is 2. The van der Waals surface area contributed by atoms with Crippen LogP contribution in [0.15, 0.2) is 54.9 Å². The fourth-order valence-electron chi connectivity index (χ4n) is 4.39. The summed E-state index contributed by atoms with van der Waals surface area (Å²) in [6.45, 7) is 2.00. The summed E-state index contributed by atoms with van der Waals surface area (Å²) in [6, 6.07) is 11.7. The Bertz CT molecular complexity index is 982. The molecule has 1 N–H and O–H groups in total. The molecule has 0 amide bonds. The van der Waals surface area contributed by atoms with E-state index in [1.54, 1.807) is 6.20 Å². The number of pyridine rings is 2. The highest BCUT2D eigenvalue weighted by Crippen LogP contribution is 2.29. The predicted octanol–water partition coefficient (Wildman–Crippen LogP) is 2.87. The quantitative estimate of drug-likeness (QED) is 0.710. The molecule has 1 aliphatic heterocycles. The van der Waals surface area contributed by atoms with Gasteiger partial charge >= 0.3 is 0 Å². The average molecular weight is 443 g/mol. The molecule has 166 valence electrons. The molecule has 3 heterocycles. The number of hydrogen-bond acceptors (Lipinski definition) is 6. The molecule has 0 bridgehead atoms. The Morgan fingerprint density at radius 3 is 2.58 bits per heavy atom. The number of hydrogen-bond donors (Lipinski definition) is 1. The van der Waals surface area contributed by atoms with E-state index in [0.717, 1.165) is 43.7 Å². The van der Waals surface area contributed by atoms with Crippen LogP contribution in [0.2, 0.25) is 0 Å². The van der Waals surface area contributed by atoms with Gasteiger partial charge in [-0.05, 0) is 55.5 Å². The lowest BCUT2D eigenvalue weighted by atomic mass is 9.92. The highest BCUT2D eigenvalue weighted by molar-refractivity contribution is 7.88. The van der Waals surface area contributed by atoms with Gasteiger partial charge in [0.25, 0.3) is 0 Å². The molecular formula is C23H30N4O3S. The second-order valence-corrected chi connectivity index (χ2v) is 10.1. The van der Waals surface area contributed by atoms with Crippen molar-refractivity contribution in [2.45, 2.75) is 37.8 Å². The maximum Gasteiger partial charge on any atom is 0.208 e. The third kappa shape index (κ3) is 6.12. The Kier molecular flexibility index (Phi) is 6.99. The minimum atomic E-state index is -3.28. The van der Waals surface area contributed by atoms with Gasteiger partial charge < -0.3 is 9.64 Å². The minimum Gasteiger partial charge on any atom is -0.377 e. The van der Waals surface area contributed by atoms with Crippen molar-refractivity contribution in [2.75, 3.05) is 30.9 Å². The number of anilines is 1. The lowest BCUT2D eigenvalue weighted by Crippen LogP contribution is -2.52. The molecule has 1 fully saturated rings. The van der Waals surface area contributed by atoms with Crippen molar-refractivity contribution >= 4 is 21.4 Å². The summed E-state index contributed by atoms with van der Waals surface area (Å²) in [5, 5.41) is 0. The summed E-state index contributed by atoms with van der Waals surface area (Å²) in [5.74, 6) is 0.984. The van der Waals surface area contributed by atoms with Crippen LogP contribution in [0.25, 0.3) is 5.57 Å². The van der Waals surface area contributed by atoms with Crippen LogP contribution < -0.4 is 9.62 Å². The number of ether oxygens (including phenoxy) is 1. The monoisotopic (exact) mass is 442 g/mol. The summed E-state index contributed by atoms with van der Waals surface area (Å²) in [4.78, 5) is 11.1. The van der Waals surface area contributed by atoms with Crippen LogP contribution in [0.3, 0.4) is 0 Å². The summed E-state index contributed by atoms with van der Waals surface area (Å²) in [7, 11) is -3.28. The number of allylic oxidation sites excluding steroid dienone is 1. The molecule has 1 saturated heterocycles. The van der Waals surface area contributed by atoms with E-state index in [1.807, 2.05) is 42.6 Å². The normalized spacial score (nSPS) is 24.6. The Morgan fingerprint density at radius 2 is 1.94 bits per heavy atom. The van der Waals surface area contributed by atoms with Gasteiger partial charge in [0.15, 0.2) is 0 Å². The molecular weight excluding hydrogens is 412 g/mol. The molecule has 2 aromatic rings. The Labute approximate surface area is 184 Å². The van der Waals surface area contributed by atoms with E-state index in [9.17, 15) is 8.42 Å². The topological polar surface area (TPSA) is 84.4 Å². The average Bonchev–Trinajstić information content (AvgIpc) is 2.79. The summed E-state index contributed by atoms with van der Waals surface area (Å²) < 4.78 is 32.9. The van der Waals surface area contributed by atoms with Crippen LogP contribution in [-0.2, 0) is 14.8 Å². The van der Waals surface area contributed by atoms with E-state index in [2.05, 4.69) is 25.7 Å². The number of rotatable bonds is 7. The van der Waals surface area contributed by atoms with Crippen LogP contribution in [-0.4, -0.2) is 56.5 Å². The van der Waals surface area contributed by atoms with Crippen molar-refractivity contribution in [3.63, 3.8) is 0 Å². The lowest BCUT2D eigenvalue weighted by Gasteiger charge is -2.39. The van der Waals surface area contributed by atoms with Gasteiger partial charge in [-0.25, -0.2) is 18.1 Å². The molecule has 8 heteroatoms. The molecule has 2 aliphatic rings. The summed E-state index contributed by atoms with van der Waals surface area (Å²) >= 11 is 0. The molecule has 0 aromatic carbocycles. The van der Waals surface area contributed by atoms with Crippen molar-refractivity contribution < 1.29 is 13.2 Å². The first kappa shape index (κ1) is 21.9. The molecule has 4 rings (SSSR count). The highest BCUT2D eigenvalue weighted by atomic mass is 32.2. The van der Waals surface area contributed by atoms with Crippen molar-refractivity contribution in [2.24, 2.45) is 5.92 Å². The first-order chi connectivity index (χ1) is 15.0. The van der Waals surface area contributed by atoms with E-state index >= 15 is 0 Å². The molecule has 1 aliphatic carbocycles. The van der Waals surface area contributed by atoms with E-state index in [-0.39, 0.29) is 18.1 Å². The van der Waals surface area contributed by atoms with Gasteiger partial charge in [0.1, 0.15) is 5.82 Å². The smallest absolute Gasteiger partial charge is 0.208 e. The predicted molar refractivity (Wildman–Crippen MR) is 122 cm³/mol. The zero-order valence-corrected chi connectivity index (χ0v) is 18.7. The number of nitrogens with zero attached hydrogens (tertiary/aromatic N) is 3. The summed E-state index contributed by atoms with van der Waals surface area (Å²) in [5.41, 5.74) is 2.31. The third-order valence-corrected chi connectivity index (χ3v) is 6.71. The molecule has 0 saturated carbocycles. The maximum absolute atomic E-state index is 11.9. The van der Waals surface area contributed by atoms with E-state index in [0.29, 0.717) is 13.2 Å². The lowest BCUT2D eigenvalue weighted by molar-refractivity contribution is 0.0164. The van der Waals surface area contributed by atoms with Crippen molar-refractivity contribution in [3.8, 4) is 0 Å². The van der Waals surface area contributed by atoms with E-state index in [1.165, 1.54) is 11.8 Å². The minimum absolute atomic E-state index is 0.0617. The maximum atomic E-state index is 11.9. The van der Waals surface area contributed by atoms with Crippen LogP contribution in [0.1, 0.15) is 31.4 Å². The Morgan fingerprint density at radius 1 is 1.13 bits per heavy atom. The fourth-order valence-corrected chi connectivity index (χ4v) is 5.25. The number of piperidine rings is 1. The zero-order valence-electron chi connectivity index (χ0n) is 17.9. The van der Waals surface area contributed by atoms with Crippen molar-refractivity contribution in [1.82, 2.24) is 14.7 Å². The van der Waals surface area contributed by atoms with Gasteiger partial charge in [-0.15, -0.1) is 0 Å². The van der Waals surface area contributed by atoms with E-state index in [4.69, 9.17) is 4.74 Å². The van der Waals surface area contributed by atoms with Gasteiger partial charge in [-0.1, -0.05) is 18.2 Å². The number of sulfonamides is 1. The van der Waals surface area contributed by atoms with Crippen LogP contribution in [0, 0.1) is 5.92 Å². The highest BCUT2D eigenvalue weighted by Gasteiger charge is 2.32. The van der Waals surface area contributed by atoms with Crippen LogP contribution >= 0.6 is 0 Å². The first-order valence-electron chi connectivity index (χ1n) is 10.8. The third-order valence-electron chi connectivity index (χ3n) is 5.98. The second-order valence-electron chi connectivity index (χ2n) is 8.35. The van der Waals surface area contributed by atoms with Gasteiger partial charge in [-0.3, -0.25) is 4.98 Å². The number of nitrogens with one attached hydrogen (secondary N) is 1. The molecule has 0 spiro atoms. The largest absolute Gasteiger partial charge is 0.377 e. The van der Waals surface area contributed by atoms with Crippen molar-refractivity contribution in [3.05, 3.63) is 60.6 Å². The van der Waals surface area contributed by atoms with Gasteiger partial charge in [0, 0.05) is 37.4 Å². The standard InChI is InChI=1S/C23H30N4O3S/c1-31(28,29)26-22-12-15-27(23-7-3-5-14-25-23)16-19(22)17-30-20-10-8-18(9-11-20)21-6-2-4-13-24-21/h2-8,13-14,19-20,22,26H,9-12,15-17H2,1H3/t19-,20?,22-/m0/s1. The molecule has 3 atom stereocenters. The first-order valence-corrected chi connectivity index (χ1v) is 12.7. The SMILES string of the molecule is CS(=O)(=O)N[C@H]1CCN(c2ccccn2)C[C@H]1COC1CC=C(c2ccccn2)CC1. The Balaban J connectivity index is 1.38. The van der Waals surface area contributed by atoms with Crippen LogP contribution in [0.5, 0.6) is 0 Å². The molecule has 1 unspecified atom stereocenters. The summed E-state index contributed by atoms with van der Waals surface area (Å²) in [6.07, 6.45) is 10.7. The molecule has 2 aromatic heterocycles. The van der Waals surface area contributed by atoms with Gasteiger partial charge in [0.2, 0.25) is 10.0 Å². The van der Waals surface area contributed by atoms with E-state index < -0.39 is 10.0 Å². The molecule has 0 radical (unpaired) electrons. The Hall–Kier alpha value is -2.29. The van der Waals surface area contributed by atoms with Gasteiger partial charge in [-0.2, -0.15) is 0 Å². The molecule has 7 nitrogen and oxygen atoms in total.